The average molecular weight is 313 g/mol. The van der Waals surface area contributed by atoms with Crippen LogP contribution in [0.4, 0.5) is 0 Å². The molecule has 1 heterocycles. The molecular weight excluding hydrogens is 309 g/mol. The summed E-state index contributed by atoms with van der Waals surface area (Å²) in [5, 5.41) is 11.6. The lowest BCUT2D eigenvalue weighted by Gasteiger charge is -1.97. The maximum Gasteiger partial charge on any atom is 0.151 e. The molecule has 0 saturated carbocycles. The second-order valence-corrected chi connectivity index (χ2v) is 4.68. The first-order chi connectivity index (χ1) is 6.77. The van der Waals surface area contributed by atoms with Crippen molar-refractivity contribution in [2.45, 2.75) is 0 Å². The number of benzene rings is 1. The van der Waals surface area contributed by atoms with Crippen LogP contribution < -0.4 is 0 Å². The van der Waals surface area contributed by atoms with Crippen LogP contribution in [0.3, 0.4) is 0 Å². The number of rotatable bonds is 1. The predicted molar refractivity (Wildman–Crippen MR) is 64.6 cm³/mol. The third kappa shape index (κ3) is 1.33. The number of fused-ring (bicyclic) bond motifs is 1. The SMILES string of the molecule is N#Cc1csc2c(I)c(C=O)ccc12. The summed E-state index contributed by atoms with van der Waals surface area (Å²) in [5.74, 6) is 0. The van der Waals surface area contributed by atoms with Crippen molar-refractivity contribution >= 4 is 50.3 Å². The molecular formula is C10H4INOS. The fourth-order valence-electron chi connectivity index (χ4n) is 1.26. The minimum atomic E-state index is 0.681. The minimum absolute atomic E-state index is 0.681. The molecule has 0 bridgehead atoms. The lowest BCUT2D eigenvalue weighted by Crippen LogP contribution is -1.85. The normalized spacial score (nSPS) is 10.0. The van der Waals surface area contributed by atoms with Gasteiger partial charge in [-0.15, -0.1) is 11.3 Å². The molecule has 0 aliphatic heterocycles. The summed E-state index contributed by atoms with van der Waals surface area (Å²) in [6, 6.07) is 5.72. The van der Waals surface area contributed by atoms with E-state index in [9.17, 15) is 4.79 Å². The molecule has 0 N–H and O–H groups in total. The van der Waals surface area contributed by atoms with Gasteiger partial charge in [0, 0.05) is 24.6 Å². The van der Waals surface area contributed by atoms with Crippen LogP contribution in [-0.4, -0.2) is 6.29 Å². The Morgan fingerprint density at radius 3 is 2.93 bits per heavy atom. The molecule has 2 nitrogen and oxygen atoms in total. The van der Waals surface area contributed by atoms with Gasteiger partial charge in [0.1, 0.15) is 6.07 Å². The lowest BCUT2D eigenvalue weighted by molar-refractivity contribution is 0.112. The summed E-state index contributed by atoms with van der Waals surface area (Å²) in [6.45, 7) is 0. The number of nitriles is 1. The van der Waals surface area contributed by atoms with Gasteiger partial charge in [0.15, 0.2) is 6.29 Å². The standard InChI is InChI=1S/C10H4INOS/c11-9-6(4-13)1-2-8-7(3-12)5-14-10(8)9/h1-2,4-5H. The van der Waals surface area contributed by atoms with E-state index in [0.717, 1.165) is 19.9 Å². The molecule has 0 aliphatic carbocycles. The zero-order chi connectivity index (χ0) is 10.1. The topological polar surface area (TPSA) is 40.9 Å². The van der Waals surface area contributed by atoms with Crippen molar-refractivity contribution in [1.29, 1.82) is 5.26 Å². The van der Waals surface area contributed by atoms with E-state index in [1.165, 1.54) is 11.3 Å². The maximum absolute atomic E-state index is 10.7. The summed E-state index contributed by atoms with van der Waals surface area (Å²) < 4.78 is 1.95. The van der Waals surface area contributed by atoms with Crippen LogP contribution in [0.2, 0.25) is 0 Å². The number of halogens is 1. The first-order valence-electron chi connectivity index (χ1n) is 3.83. The summed E-state index contributed by atoms with van der Waals surface area (Å²) >= 11 is 3.64. The molecule has 0 aliphatic rings. The number of carbonyl (C=O) groups excluding carboxylic acids is 1. The molecule has 68 valence electrons. The van der Waals surface area contributed by atoms with Crippen molar-refractivity contribution in [3.63, 3.8) is 0 Å². The van der Waals surface area contributed by atoms with Gasteiger partial charge in [0.05, 0.1) is 5.56 Å². The van der Waals surface area contributed by atoms with Crippen LogP contribution >= 0.6 is 33.9 Å². The van der Waals surface area contributed by atoms with Gasteiger partial charge < -0.3 is 0 Å². The molecule has 2 rings (SSSR count). The highest BCUT2D eigenvalue weighted by Crippen LogP contribution is 2.31. The van der Waals surface area contributed by atoms with Gasteiger partial charge in [-0.05, 0) is 28.7 Å². The molecule has 14 heavy (non-hydrogen) atoms. The Bertz CT molecular complexity index is 553. The molecule has 0 radical (unpaired) electrons. The van der Waals surface area contributed by atoms with E-state index in [1.54, 1.807) is 6.07 Å². The molecule has 2 aromatic rings. The molecule has 0 unspecified atom stereocenters. The predicted octanol–water partition coefficient (Wildman–Crippen LogP) is 3.19. The van der Waals surface area contributed by atoms with Gasteiger partial charge in [0.25, 0.3) is 0 Å². The number of carbonyl (C=O) groups is 1. The van der Waals surface area contributed by atoms with Gasteiger partial charge in [-0.1, -0.05) is 6.07 Å². The second kappa shape index (κ2) is 3.67. The molecule has 0 fully saturated rings. The highest BCUT2D eigenvalue weighted by Gasteiger charge is 2.09. The van der Waals surface area contributed by atoms with Crippen molar-refractivity contribution in [2.75, 3.05) is 0 Å². The van der Waals surface area contributed by atoms with Crippen LogP contribution in [0.5, 0.6) is 0 Å². The molecule has 0 saturated heterocycles. The average Bonchev–Trinajstić information content (AvgIpc) is 2.62. The zero-order valence-electron chi connectivity index (χ0n) is 6.95. The molecule has 0 amide bonds. The van der Waals surface area contributed by atoms with E-state index < -0.39 is 0 Å². The molecule has 0 atom stereocenters. The Morgan fingerprint density at radius 2 is 2.29 bits per heavy atom. The van der Waals surface area contributed by atoms with Gasteiger partial charge in [-0.3, -0.25) is 4.79 Å². The fourth-order valence-corrected chi connectivity index (χ4v) is 3.18. The van der Waals surface area contributed by atoms with Crippen molar-refractivity contribution in [3.05, 3.63) is 32.2 Å². The second-order valence-electron chi connectivity index (χ2n) is 2.72. The maximum atomic E-state index is 10.7. The van der Waals surface area contributed by atoms with Crippen molar-refractivity contribution < 1.29 is 4.79 Å². The van der Waals surface area contributed by atoms with Crippen molar-refractivity contribution in [2.24, 2.45) is 0 Å². The highest BCUT2D eigenvalue weighted by molar-refractivity contribution is 14.1. The zero-order valence-corrected chi connectivity index (χ0v) is 9.93. The molecule has 1 aromatic heterocycles. The van der Waals surface area contributed by atoms with Gasteiger partial charge in [-0.2, -0.15) is 5.26 Å². The quantitative estimate of drug-likeness (QED) is 0.599. The summed E-state index contributed by atoms with van der Waals surface area (Å²) in [4.78, 5) is 10.7. The highest BCUT2D eigenvalue weighted by atomic mass is 127. The number of nitrogens with zero attached hydrogens (tertiary/aromatic N) is 1. The Morgan fingerprint density at radius 1 is 1.50 bits per heavy atom. The smallest absolute Gasteiger partial charge is 0.151 e. The third-order valence-corrected chi connectivity index (χ3v) is 4.50. The monoisotopic (exact) mass is 313 g/mol. The Kier molecular flexibility index (Phi) is 2.52. The van der Waals surface area contributed by atoms with Crippen molar-refractivity contribution in [1.82, 2.24) is 0 Å². The van der Waals surface area contributed by atoms with Gasteiger partial charge >= 0.3 is 0 Å². The number of thiophene rings is 1. The van der Waals surface area contributed by atoms with Crippen LogP contribution in [0.1, 0.15) is 15.9 Å². The molecule has 1 aromatic carbocycles. The van der Waals surface area contributed by atoms with Gasteiger partial charge in [-0.25, -0.2) is 0 Å². The van der Waals surface area contributed by atoms with E-state index in [0.29, 0.717) is 11.1 Å². The molecule has 0 spiro atoms. The number of hydrogen-bond donors (Lipinski definition) is 0. The van der Waals surface area contributed by atoms with E-state index in [-0.39, 0.29) is 0 Å². The van der Waals surface area contributed by atoms with E-state index in [2.05, 4.69) is 28.7 Å². The number of aldehydes is 1. The Balaban J connectivity index is 2.87. The van der Waals surface area contributed by atoms with E-state index in [1.807, 2.05) is 11.4 Å². The first-order valence-corrected chi connectivity index (χ1v) is 5.78. The lowest BCUT2D eigenvalue weighted by atomic mass is 10.1. The largest absolute Gasteiger partial charge is 0.298 e. The summed E-state index contributed by atoms with van der Waals surface area (Å²) in [6.07, 6.45) is 0.840. The van der Waals surface area contributed by atoms with Crippen molar-refractivity contribution in [3.8, 4) is 6.07 Å². The van der Waals surface area contributed by atoms with Crippen LogP contribution in [0.15, 0.2) is 17.5 Å². The van der Waals surface area contributed by atoms with Crippen LogP contribution in [-0.2, 0) is 0 Å². The minimum Gasteiger partial charge on any atom is -0.298 e. The van der Waals surface area contributed by atoms with Gasteiger partial charge in [0.2, 0.25) is 0 Å². The number of hydrogen-bond acceptors (Lipinski definition) is 3. The Labute approximate surface area is 98.3 Å². The first kappa shape index (κ1) is 9.62. The summed E-state index contributed by atoms with van der Waals surface area (Å²) in [5.41, 5.74) is 1.37. The fraction of sp³-hybridized carbons (Fsp3) is 0. The third-order valence-electron chi connectivity index (χ3n) is 1.96. The van der Waals surface area contributed by atoms with E-state index in [4.69, 9.17) is 5.26 Å². The Hall–Kier alpha value is -0.930. The van der Waals surface area contributed by atoms with Crippen LogP contribution in [0, 0.1) is 14.9 Å². The summed E-state index contributed by atoms with van der Waals surface area (Å²) in [7, 11) is 0. The molecule has 4 heteroatoms. The van der Waals surface area contributed by atoms with Crippen LogP contribution in [0.25, 0.3) is 10.1 Å². The van der Waals surface area contributed by atoms with E-state index >= 15 is 0 Å².